The minimum atomic E-state index is 0.132. The molecule has 0 saturated heterocycles. The van der Waals surface area contributed by atoms with Crippen LogP contribution in [0.4, 0.5) is 5.69 Å². The number of rotatable bonds is 4. The SMILES string of the molecule is CCN(CC)c1ccccc1C(C)=O. The first-order valence-corrected chi connectivity index (χ1v) is 5.05. The third-order valence-corrected chi connectivity index (χ3v) is 2.39. The van der Waals surface area contributed by atoms with E-state index in [9.17, 15) is 4.79 Å². The molecule has 0 bridgehead atoms. The van der Waals surface area contributed by atoms with Crippen LogP contribution in [0.15, 0.2) is 24.3 Å². The summed E-state index contributed by atoms with van der Waals surface area (Å²) in [6.07, 6.45) is 0. The number of carbonyl (C=O) groups excluding carboxylic acids is 1. The fourth-order valence-corrected chi connectivity index (χ4v) is 1.61. The molecule has 0 saturated carbocycles. The van der Waals surface area contributed by atoms with Crippen molar-refractivity contribution >= 4 is 11.5 Å². The molecule has 0 atom stereocenters. The zero-order chi connectivity index (χ0) is 10.6. The summed E-state index contributed by atoms with van der Waals surface area (Å²) < 4.78 is 0. The summed E-state index contributed by atoms with van der Waals surface area (Å²) in [5.74, 6) is 0.132. The molecule has 0 aromatic heterocycles. The lowest BCUT2D eigenvalue weighted by Crippen LogP contribution is -2.23. The predicted octanol–water partition coefficient (Wildman–Crippen LogP) is 2.74. The molecule has 0 aliphatic heterocycles. The summed E-state index contributed by atoms with van der Waals surface area (Å²) in [4.78, 5) is 13.6. The Balaban J connectivity index is 3.11. The van der Waals surface area contributed by atoms with Gasteiger partial charge in [0.15, 0.2) is 5.78 Å². The van der Waals surface area contributed by atoms with Crippen LogP contribution in [0.2, 0.25) is 0 Å². The van der Waals surface area contributed by atoms with Gasteiger partial charge in [-0.2, -0.15) is 0 Å². The van der Waals surface area contributed by atoms with Gasteiger partial charge < -0.3 is 4.90 Å². The van der Waals surface area contributed by atoms with Crippen molar-refractivity contribution in [2.24, 2.45) is 0 Å². The normalized spacial score (nSPS) is 9.93. The van der Waals surface area contributed by atoms with Crippen molar-refractivity contribution in [3.05, 3.63) is 29.8 Å². The maximum absolute atomic E-state index is 11.4. The Morgan fingerprint density at radius 3 is 2.29 bits per heavy atom. The quantitative estimate of drug-likeness (QED) is 0.682. The number of hydrogen-bond donors (Lipinski definition) is 0. The molecule has 0 N–H and O–H groups in total. The van der Waals surface area contributed by atoms with Crippen LogP contribution in [-0.4, -0.2) is 18.9 Å². The van der Waals surface area contributed by atoms with Gasteiger partial charge in [-0.1, -0.05) is 12.1 Å². The molecular weight excluding hydrogens is 174 g/mol. The minimum absolute atomic E-state index is 0.132. The Hall–Kier alpha value is -1.31. The second-order valence-electron chi connectivity index (χ2n) is 3.25. The van der Waals surface area contributed by atoms with E-state index in [1.165, 1.54) is 0 Å². The lowest BCUT2D eigenvalue weighted by molar-refractivity contribution is 0.101. The average Bonchev–Trinajstić information content (AvgIpc) is 2.20. The van der Waals surface area contributed by atoms with Crippen LogP contribution < -0.4 is 4.90 Å². The van der Waals surface area contributed by atoms with Crippen molar-refractivity contribution in [2.45, 2.75) is 20.8 Å². The number of carbonyl (C=O) groups is 1. The van der Waals surface area contributed by atoms with E-state index in [0.717, 1.165) is 24.3 Å². The molecule has 1 rings (SSSR count). The van der Waals surface area contributed by atoms with Gasteiger partial charge in [0.05, 0.1) is 0 Å². The zero-order valence-corrected chi connectivity index (χ0v) is 9.08. The van der Waals surface area contributed by atoms with Gasteiger partial charge in [-0.3, -0.25) is 4.79 Å². The molecule has 0 unspecified atom stereocenters. The Labute approximate surface area is 85.5 Å². The van der Waals surface area contributed by atoms with Gasteiger partial charge in [0, 0.05) is 24.3 Å². The third-order valence-electron chi connectivity index (χ3n) is 2.39. The predicted molar refractivity (Wildman–Crippen MR) is 60.0 cm³/mol. The number of para-hydroxylation sites is 1. The second kappa shape index (κ2) is 4.80. The Morgan fingerprint density at radius 1 is 1.21 bits per heavy atom. The molecule has 0 radical (unpaired) electrons. The number of nitrogens with zero attached hydrogens (tertiary/aromatic N) is 1. The van der Waals surface area contributed by atoms with Crippen LogP contribution in [-0.2, 0) is 0 Å². The van der Waals surface area contributed by atoms with Gasteiger partial charge in [0.1, 0.15) is 0 Å². The lowest BCUT2D eigenvalue weighted by atomic mass is 10.1. The summed E-state index contributed by atoms with van der Waals surface area (Å²) >= 11 is 0. The van der Waals surface area contributed by atoms with Crippen molar-refractivity contribution in [3.63, 3.8) is 0 Å². The number of hydrogen-bond acceptors (Lipinski definition) is 2. The van der Waals surface area contributed by atoms with Crippen LogP contribution >= 0.6 is 0 Å². The summed E-state index contributed by atoms with van der Waals surface area (Å²) in [5, 5.41) is 0. The smallest absolute Gasteiger partial charge is 0.161 e. The Bertz CT molecular complexity index is 316. The summed E-state index contributed by atoms with van der Waals surface area (Å²) in [6, 6.07) is 7.77. The van der Waals surface area contributed by atoms with Crippen molar-refractivity contribution < 1.29 is 4.79 Å². The molecule has 0 heterocycles. The average molecular weight is 191 g/mol. The fourth-order valence-electron chi connectivity index (χ4n) is 1.61. The van der Waals surface area contributed by atoms with Crippen molar-refractivity contribution in [1.29, 1.82) is 0 Å². The van der Waals surface area contributed by atoms with Crippen molar-refractivity contribution in [1.82, 2.24) is 0 Å². The number of anilines is 1. The van der Waals surface area contributed by atoms with Gasteiger partial charge >= 0.3 is 0 Å². The van der Waals surface area contributed by atoms with E-state index in [4.69, 9.17) is 0 Å². The summed E-state index contributed by atoms with van der Waals surface area (Å²) in [6.45, 7) is 7.67. The maximum atomic E-state index is 11.4. The molecular formula is C12H17NO. The van der Waals surface area contributed by atoms with Gasteiger partial charge in [-0.25, -0.2) is 0 Å². The van der Waals surface area contributed by atoms with Gasteiger partial charge in [-0.05, 0) is 32.9 Å². The zero-order valence-electron chi connectivity index (χ0n) is 9.08. The molecule has 0 spiro atoms. The van der Waals surface area contributed by atoms with E-state index < -0.39 is 0 Å². The molecule has 0 aliphatic carbocycles. The first-order valence-electron chi connectivity index (χ1n) is 5.05. The van der Waals surface area contributed by atoms with Crippen LogP contribution in [0.3, 0.4) is 0 Å². The van der Waals surface area contributed by atoms with Crippen molar-refractivity contribution in [2.75, 3.05) is 18.0 Å². The first-order chi connectivity index (χ1) is 6.70. The lowest BCUT2D eigenvalue weighted by Gasteiger charge is -2.23. The van der Waals surface area contributed by atoms with Crippen LogP contribution in [0.1, 0.15) is 31.1 Å². The molecule has 2 nitrogen and oxygen atoms in total. The molecule has 0 fully saturated rings. The highest BCUT2D eigenvalue weighted by Crippen LogP contribution is 2.20. The molecule has 2 heteroatoms. The minimum Gasteiger partial charge on any atom is -0.372 e. The van der Waals surface area contributed by atoms with Crippen LogP contribution in [0.25, 0.3) is 0 Å². The Kier molecular flexibility index (Phi) is 3.69. The summed E-state index contributed by atoms with van der Waals surface area (Å²) in [5.41, 5.74) is 1.86. The molecule has 0 aliphatic rings. The largest absolute Gasteiger partial charge is 0.372 e. The second-order valence-corrected chi connectivity index (χ2v) is 3.25. The van der Waals surface area contributed by atoms with Gasteiger partial charge in [0.2, 0.25) is 0 Å². The van der Waals surface area contributed by atoms with E-state index >= 15 is 0 Å². The highest BCUT2D eigenvalue weighted by molar-refractivity contribution is 5.99. The molecule has 0 amide bonds. The van der Waals surface area contributed by atoms with Crippen LogP contribution in [0, 0.1) is 0 Å². The van der Waals surface area contributed by atoms with E-state index in [1.807, 2.05) is 24.3 Å². The van der Waals surface area contributed by atoms with E-state index in [1.54, 1.807) is 6.92 Å². The Morgan fingerprint density at radius 2 is 1.79 bits per heavy atom. The van der Waals surface area contributed by atoms with Gasteiger partial charge in [0.25, 0.3) is 0 Å². The highest BCUT2D eigenvalue weighted by atomic mass is 16.1. The monoisotopic (exact) mass is 191 g/mol. The first kappa shape index (κ1) is 10.8. The van der Waals surface area contributed by atoms with Crippen molar-refractivity contribution in [3.8, 4) is 0 Å². The van der Waals surface area contributed by atoms with E-state index in [0.29, 0.717) is 0 Å². The maximum Gasteiger partial charge on any atom is 0.161 e. The third kappa shape index (κ3) is 2.13. The fraction of sp³-hybridized carbons (Fsp3) is 0.417. The number of Topliss-reactive ketones (excluding diaryl/α,β-unsaturated/α-hetero) is 1. The van der Waals surface area contributed by atoms with Crippen LogP contribution in [0.5, 0.6) is 0 Å². The topological polar surface area (TPSA) is 20.3 Å². The highest BCUT2D eigenvalue weighted by Gasteiger charge is 2.09. The molecule has 1 aromatic rings. The molecule has 76 valence electrons. The van der Waals surface area contributed by atoms with E-state index in [-0.39, 0.29) is 5.78 Å². The molecule has 1 aromatic carbocycles. The number of ketones is 1. The standard InChI is InChI=1S/C12H17NO/c1-4-13(5-2)12-9-7-6-8-11(12)10(3)14/h6-9H,4-5H2,1-3H3. The number of benzene rings is 1. The van der Waals surface area contributed by atoms with Gasteiger partial charge in [-0.15, -0.1) is 0 Å². The van der Waals surface area contributed by atoms with E-state index in [2.05, 4.69) is 18.7 Å². The molecule has 14 heavy (non-hydrogen) atoms. The summed E-state index contributed by atoms with van der Waals surface area (Å²) in [7, 11) is 0.